The summed E-state index contributed by atoms with van der Waals surface area (Å²) < 4.78 is 11.0. The smallest absolute Gasteiger partial charge is 0.311 e. The summed E-state index contributed by atoms with van der Waals surface area (Å²) in [7, 11) is 1.60. The number of carboxylic acids is 1. The van der Waals surface area contributed by atoms with Crippen LogP contribution in [0, 0.1) is 0 Å². The van der Waals surface area contributed by atoms with E-state index in [4.69, 9.17) is 9.47 Å². The first-order chi connectivity index (χ1) is 13.7. The van der Waals surface area contributed by atoms with Gasteiger partial charge in [-0.25, -0.2) is 0 Å². The van der Waals surface area contributed by atoms with Crippen molar-refractivity contribution in [2.75, 3.05) is 33.4 Å². The fraction of sp³-hybridized carbons (Fsp3) is 0.435. The number of aliphatic carboxylic acids is 1. The Balaban J connectivity index is 1.54. The quantitative estimate of drug-likeness (QED) is 0.710. The van der Waals surface area contributed by atoms with Crippen LogP contribution in [0.2, 0.25) is 0 Å². The third-order valence-corrected chi connectivity index (χ3v) is 5.30. The maximum absolute atomic E-state index is 11.8. The van der Waals surface area contributed by atoms with Gasteiger partial charge in [0, 0.05) is 6.54 Å². The topological polar surface area (TPSA) is 59.0 Å². The van der Waals surface area contributed by atoms with Crippen LogP contribution in [0.5, 0.6) is 11.5 Å². The number of piperidine rings is 1. The average Bonchev–Trinajstić information content (AvgIpc) is 2.74. The Kier molecular flexibility index (Phi) is 7.31. The lowest BCUT2D eigenvalue weighted by Gasteiger charge is -2.26. The molecule has 150 valence electrons. The molecular weight excluding hydrogens is 354 g/mol. The zero-order valence-electron chi connectivity index (χ0n) is 16.5. The molecule has 0 bridgehead atoms. The molecule has 2 aromatic rings. The maximum atomic E-state index is 11.8. The number of methoxy groups -OCH3 is 1. The molecule has 0 radical (unpaired) electrons. The minimum Gasteiger partial charge on any atom is -0.497 e. The van der Waals surface area contributed by atoms with Gasteiger partial charge in [-0.15, -0.1) is 0 Å². The van der Waals surface area contributed by atoms with E-state index in [0.717, 1.165) is 29.2 Å². The Hall–Kier alpha value is -2.53. The van der Waals surface area contributed by atoms with Crippen LogP contribution in [0.1, 0.15) is 36.3 Å². The molecular formula is C23H29NO4. The number of benzene rings is 2. The van der Waals surface area contributed by atoms with Gasteiger partial charge in [-0.3, -0.25) is 9.69 Å². The van der Waals surface area contributed by atoms with Crippen LogP contribution in [0.4, 0.5) is 0 Å². The van der Waals surface area contributed by atoms with Gasteiger partial charge in [0.05, 0.1) is 13.0 Å². The molecule has 1 atom stereocenters. The fourth-order valence-electron chi connectivity index (χ4n) is 3.62. The van der Waals surface area contributed by atoms with Crippen molar-refractivity contribution in [3.05, 3.63) is 59.7 Å². The lowest BCUT2D eigenvalue weighted by molar-refractivity contribution is -0.138. The summed E-state index contributed by atoms with van der Waals surface area (Å²) in [5.41, 5.74) is 1.75. The van der Waals surface area contributed by atoms with Crippen molar-refractivity contribution < 1.29 is 19.4 Å². The number of hydrogen-bond acceptors (Lipinski definition) is 4. The highest BCUT2D eigenvalue weighted by Crippen LogP contribution is 2.25. The Morgan fingerprint density at radius 2 is 1.64 bits per heavy atom. The molecule has 0 aliphatic carbocycles. The first-order valence-electron chi connectivity index (χ1n) is 9.96. The van der Waals surface area contributed by atoms with Crippen molar-refractivity contribution in [2.45, 2.75) is 31.6 Å². The number of likely N-dealkylation sites (tertiary alicyclic amines) is 1. The van der Waals surface area contributed by atoms with Gasteiger partial charge in [0.1, 0.15) is 18.1 Å². The van der Waals surface area contributed by atoms with Crippen molar-refractivity contribution in [1.29, 1.82) is 0 Å². The number of ether oxygens (including phenoxy) is 2. The molecule has 1 fully saturated rings. The van der Waals surface area contributed by atoms with Gasteiger partial charge in [-0.1, -0.05) is 30.7 Å². The molecule has 5 heteroatoms. The van der Waals surface area contributed by atoms with Gasteiger partial charge in [0.25, 0.3) is 0 Å². The van der Waals surface area contributed by atoms with Crippen LogP contribution in [-0.2, 0) is 11.2 Å². The zero-order chi connectivity index (χ0) is 19.8. The number of carboxylic acid groups (broad SMARTS) is 1. The maximum Gasteiger partial charge on any atom is 0.311 e. The third kappa shape index (κ3) is 5.73. The second-order valence-corrected chi connectivity index (χ2v) is 7.26. The van der Waals surface area contributed by atoms with Crippen LogP contribution < -0.4 is 9.47 Å². The van der Waals surface area contributed by atoms with Gasteiger partial charge in [0.2, 0.25) is 0 Å². The summed E-state index contributed by atoms with van der Waals surface area (Å²) >= 11 is 0. The monoisotopic (exact) mass is 383 g/mol. The van der Waals surface area contributed by atoms with E-state index in [1.54, 1.807) is 19.2 Å². The van der Waals surface area contributed by atoms with Gasteiger partial charge in [-0.05, 0) is 67.7 Å². The number of carbonyl (C=O) groups is 1. The highest BCUT2D eigenvalue weighted by atomic mass is 16.5. The summed E-state index contributed by atoms with van der Waals surface area (Å²) in [6.07, 6.45) is 4.35. The highest BCUT2D eigenvalue weighted by Gasteiger charge is 2.20. The van der Waals surface area contributed by atoms with Crippen molar-refractivity contribution in [3.63, 3.8) is 0 Å². The van der Waals surface area contributed by atoms with Crippen LogP contribution in [0.15, 0.2) is 48.5 Å². The zero-order valence-corrected chi connectivity index (χ0v) is 16.5. The van der Waals surface area contributed by atoms with E-state index in [-0.39, 0.29) is 0 Å². The lowest BCUT2D eigenvalue weighted by Crippen LogP contribution is -2.33. The standard InChI is InChI=1S/C23H29NO4/c1-27-20-11-7-19(8-12-20)22(23(25)26)17-18-5-9-21(10-6-18)28-16-15-24-13-3-2-4-14-24/h5-12,22H,2-4,13-17H2,1H3,(H,25,26). The predicted octanol–water partition coefficient (Wildman–Crippen LogP) is 3.97. The molecule has 0 aromatic heterocycles. The van der Waals surface area contributed by atoms with Gasteiger partial charge in [0.15, 0.2) is 0 Å². The van der Waals surface area contributed by atoms with E-state index in [1.807, 2.05) is 36.4 Å². The second-order valence-electron chi connectivity index (χ2n) is 7.26. The Morgan fingerprint density at radius 1 is 1.00 bits per heavy atom. The van der Waals surface area contributed by atoms with Crippen molar-refractivity contribution in [2.24, 2.45) is 0 Å². The first kappa shape index (κ1) is 20.2. The molecule has 0 saturated carbocycles. The van der Waals surface area contributed by atoms with Crippen LogP contribution >= 0.6 is 0 Å². The van der Waals surface area contributed by atoms with Gasteiger partial charge >= 0.3 is 5.97 Å². The van der Waals surface area contributed by atoms with E-state index in [9.17, 15) is 9.90 Å². The van der Waals surface area contributed by atoms with Gasteiger partial charge < -0.3 is 14.6 Å². The summed E-state index contributed by atoms with van der Waals surface area (Å²) in [4.78, 5) is 14.2. The number of hydrogen-bond donors (Lipinski definition) is 1. The molecule has 28 heavy (non-hydrogen) atoms. The largest absolute Gasteiger partial charge is 0.497 e. The molecule has 2 aromatic carbocycles. The normalized spacial score (nSPS) is 15.8. The van der Waals surface area contributed by atoms with Crippen LogP contribution in [-0.4, -0.2) is 49.3 Å². The van der Waals surface area contributed by atoms with E-state index in [1.165, 1.54) is 32.4 Å². The molecule has 1 aliphatic heterocycles. The van der Waals surface area contributed by atoms with Crippen LogP contribution in [0.25, 0.3) is 0 Å². The SMILES string of the molecule is COc1ccc(C(Cc2ccc(OCCN3CCCCC3)cc2)C(=O)O)cc1. The molecule has 1 unspecified atom stereocenters. The average molecular weight is 383 g/mol. The predicted molar refractivity (Wildman–Crippen MR) is 109 cm³/mol. The lowest BCUT2D eigenvalue weighted by atomic mass is 9.92. The Labute approximate surface area is 166 Å². The molecule has 3 rings (SSSR count). The molecule has 0 spiro atoms. The molecule has 1 heterocycles. The Morgan fingerprint density at radius 3 is 2.25 bits per heavy atom. The van der Waals surface area contributed by atoms with Crippen molar-refractivity contribution in [1.82, 2.24) is 4.90 Å². The minimum absolute atomic E-state index is 0.440. The fourth-order valence-corrected chi connectivity index (χ4v) is 3.62. The Bertz CT molecular complexity index is 736. The minimum atomic E-state index is -0.827. The molecule has 1 aliphatic rings. The van der Waals surface area contributed by atoms with Crippen molar-refractivity contribution >= 4 is 5.97 Å². The molecule has 5 nitrogen and oxygen atoms in total. The van der Waals surface area contributed by atoms with E-state index in [2.05, 4.69) is 4.90 Å². The van der Waals surface area contributed by atoms with Crippen molar-refractivity contribution in [3.8, 4) is 11.5 Å². The second kappa shape index (κ2) is 10.1. The summed E-state index contributed by atoms with van der Waals surface area (Å²) in [5, 5.41) is 9.65. The highest BCUT2D eigenvalue weighted by molar-refractivity contribution is 5.76. The number of rotatable bonds is 9. The van der Waals surface area contributed by atoms with E-state index >= 15 is 0 Å². The first-order valence-corrected chi connectivity index (χ1v) is 9.96. The van der Waals surface area contributed by atoms with E-state index < -0.39 is 11.9 Å². The van der Waals surface area contributed by atoms with Gasteiger partial charge in [-0.2, -0.15) is 0 Å². The molecule has 0 amide bonds. The third-order valence-electron chi connectivity index (χ3n) is 5.30. The summed E-state index contributed by atoms with van der Waals surface area (Å²) in [6, 6.07) is 15.0. The molecule has 1 saturated heterocycles. The van der Waals surface area contributed by atoms with Crippen LogP contribution in [0.3, 0.4) is 0 Å². The summed E-state index contributed by atoms with van der Waals surface area (Å²) in [5.74, 6) is 0.139. The summed E-state index contributed by atoms with van der Waals surface area (Å²) in [6.45, 7) is 3.98. The molecule has 1 N–H and O–H groups in total. The number of nitrogens with zero attached hydrogens (tertiary/aromatic N) is 1. The van der Waals surface area contributed by atoms with E-state index in [0.29, 0.717) is 13.0 Å².